The van der Waals surface area contributed by atoms with Gasteiger partial charge in [0.05, 0.1) is 5.92 Å². The van der Waals surface area contributed by atoms with Gasteiger partial charge in [-0.3, -0.25) is 4.79 Å². The topological polar surface area (TPSA) is 63.1 Å². The number of aryl methyl sites for hydroxylation is 1. The molecule has 1 aliphatic rings. The van der Waals surface area contributed by atoms with Crippen molar-refractivity contribution in [3.05, 3.63) is 5.82 Å². The van der Waals surface area contributed by atoms with Gasteiger partial charge in [-0.15, -0.1) is 0 Å². The van der Waals surface area contributed by atoms with Gasteiger partial charge in [-0.2, -0.15) is 4.37 Å². The maximum Gasteiger partial charge on any atom is 0.307 e. The molecule has 4 nitrogen and oxygen atoms in total. The second kappa shape index (κ2) is 4.49. The Morgan fingerprint density at radius 2 is 2.40 bits per heavy atom. The molecular weight excluding hydrogens is 232 g/mol. The predicted molar refractivity (Wildman–Crippen MR) is 59.3 cm³/mol. The summed E-state index contributed by atoms with van der Waals surface area (Å²) in [4.78, 5) is 15.2. The number of aliphatic carboxylic acids is 1. The maximum absolute atomic E-state index is 11.0. The van der Waals surface area contributed by atoms with E-state index in [0.717, 1.165) is 29.4 Å². The fraction of sp³-hybridized carbons (Fsp3) is 0.667. The van der Waals surface area contributed by atoms with Gasteiger partial charge in [0.1, 0.15) is 5.82 Å². The number of carboxylic acid groups (broad SMARTS) is 1. The van der Waals surface area contributed by atoms with Crippen LogP contribution in [0.2, 0.25) is 0 Å². The molecule has 0 radical (unpaired) electrons. The summed E-state index contributed by atoms with van der Waals surface area (Å²) >= 11 is 2.93. The molecule has 0 amide bonds. The van der Waals surface area contributed by atoms with Crippen molar-refractivity contribution in [2.75, 3.05) is 0 Å². The normalized spacial score (nSPS) is 25.7. The van der Waals surface area contributed by atoms with Crippen molar-refractivity contribution in [2.45, 2.75) is 35.8 Å². The SMILES string of the molecule is Cc1nsc(SC2CCCC2C(=O)O)n1. The fourth-order valence-corrected chi connectivity index (χ4v) is 4.03. The van der Waals surface area contributed by atoms with E-state index in [1.165, 1.54) is 11.5 Å². The number of hydrogen-bond acceptors (Lipinski definition) is 5. The molecule has 15 heavy (non-hydrogen) atoms. The molecule has 0 aromatic carbocycles. The lowest BCUT2D eigenvalue weighted by atomic mass is 10.1. The predicted octanol–water partition coefficient (Wildman–Crippen LogP) is 2.19. The molecule has 82 valence electrons. The highest BCUT2D eigenvalue weighted by Crippen LogP contribution is 2.39. The molecule has 1 aliphatic carbocycles. The van der Waals surface area contributed by atoms with Crippen LogP contribution in [-0.2, 0) is 4.79 Å². The van der Waals surface area contributed by atoms with Gasteiger partial charge >= 0.3 is 5.97 Å². The lowest BCUT2D eigenvalue weighted by molar-refractivity contribution is -0.141. The molecule has 6 heteroatoms. The molecule has 0 bridgehead atoms. The number of carboxylic acids is 1. The third-order valence-electron chi connectivity index (χ3n) is 2.53. The van der Waals surface area contributed by atoms with Crippen molar-refractivity contribution in [1.82, 2.24) is 9.36 Å². The van der Waals surface area contributed by atoms with Crippen LogP contribution in [0, 0.1) is 12.8 Å². The standard InChI is InChI=1S/C9H12N2O2S2/c1-5-10-9(15-11-5)14-7-4-2-3-6(7)8(12)13/h6-7H,2-4H2,1H3,(H,12,13). The maximum atomic E-state index is 11.0. The van der Waals surface area contributed by atoms with E-state index in [2.05, 4.69) is 9.36 Å². The van der Waals surface area contributed by atoms with Crippen LogP contribution in [-0.4, -0.2) is 25.7 Å². The molecule has 0 aliphatic heterocycles. The van der Waals surface area contributed by atoms with E-state index in [0.29, 0.717) is 0 Å². The van der Waals surface area contributed by atoms with E-state index in [1.807, 2.05) is 6.92 Å². The molecule has 0 spiro atoms. The van der Waals surface area contributed by atoms with Gasteiger partial charge in [-0.1, -0.05) is 18.2 Å². The first-order valence-electron chi connectivity index (χ1n) is 4.86. The smallest absolute Gasteiger partial charge is 0.307 e. The number of hydrogen-bond donors (Lipinski definition) is 1. The first kappa shape index (κ1) is 10.9. The van der Waals surface area contributed by atoms with Crippen molar-refractivity contribution in [3.8, 4) is 0 Å². The molecule has 0 saturated heterocycles. The van der Waals surface area contributed by atoms with E-state index >= 15 is 0 Å². The average molecular weight is 244 g/mol. The number of nitrogens with zero attached hydrogens (tertiary/aromatic N) is 2. The highest BCUT2D eigenvalue weighted by atomic mass is 32.2. The molecule has 1 N–H and O–H groups in total. The second-order valence-corrected chi connectivity index (χ2v) is 5.88. The molecule has 1 fully saturated rings. The van der Waals surface area contributed by atoms with Crippen molar-refractivity contribution in [2.24, 2.45) is 5.92 Å². The lowest BCUT2D eigenvalue weighted by Crippen LogP contribution is -2.19. The zero-order valence-electron chi connectivity index (χ0n) is 8.34. The number of rotatable bonds is 3. The molecule has 1 saturated carbocycles. The Morgan fingerprint density at radius 1 is 1.60 bits per heavy atom. The molecule has 1 aromatic rings. The monoisotopic (exact) mass is 244 g/mol. The van der Waals surface area contributed by atoms with Crippen LogP contribution in [0.1, 0.15) is 25.1 Å². The summed E-state index contributed by atoms with van der Waals surface area (Å²) in [7, 11) is 0. The summed E-state index contributed by atoms with van der Waals surface area (Å²) in [6.45, 7) is 1.85. The van der Waals surface area contributed by atoms with Crippen LogP contribution in [0.3, 0.4) is 0 Å². The number of aromatic nitrogens is 2. The second-order valence-electron chi connectivity index (χ2n) is 3.64. The fourth-order valence-electron chi connectivity index (χ4n) is 1.80. The largest absolute Gasteiger partial charge is 0.481 e. The van der Waals surface area contributed by atoms with Crippen LogP contribution in [0.5, 0.6) is 0 Å². The summed E-state index contributed by atoms with van der Waals surface area (Å²) < 4.78 is 4.98. The highest BCUT2D eigenvalue weighted by molar-refractivity contribution is 8.01. The van der Waals surface area contributed by atoms with E-state index in [1.54, 1.807) is 11.8 Å². The first-order chi connectivity index (χ1) is 7.16. The van der Waals surface area contributed by atoms with Crippen molar-refractivity contribution >= 4 is 29.3 Å². The summed E-state index contributed by atoms with van der Waals surface area (Å²) in [6, 6.07) is 0. The summed E-state index contributed by atoms with van der Waals surface area (Å²) in [5, 5.41) is 9.20. The number of carbonyl (C=O) groups is 1. The van der Waals surface area contributed by atoms with Crippen molar-refractivity contribution in [3.63, 3.8) is 0 Å². The Balaban J connectivity index is 2.02. The minimum atomic E-state index is -0.675. The van der Waals surface area contributed by atoms with E-state index in [4.69, 9.17) is 5.11 Å². The zero-order valence-corrected chi connectivity index (χ0v) is 9.98. The van der Waals surface area contributed by atoms with Crippen LogP contribution >= 0.6 is 23.3 Å². The van der Waals surface area contributed by atoms with Crippen LogP contribution < -0.4 is 0 Å². The van der Waals surface area contributed by atoms with Crippen LogP contribution in [0.15, 0.2) is 4.34 Å². The minimum Gasteiger partial charge on any atom is -0.481 e. The molecule has 1 aromatic heterocycles. The molecule has 2 rings (SSSR count). The Kier molecular flexibility index (Phi) is 3.25. The lowest BCUT2D eigenvalue weighted by Gasteiger charge is -2.12. The van der Waals surface area contributed by atoms with Gasteiger partial charge in [0.2, 0.25) is 0 Å². The third kappa shape index (κ3) is 2.49. The van der Waals surface area contributed by atoms with Gasteiger partial charge in [0.25, 0.3) is 0 Å². The van der Waals surface area contributed by atoms with E-state index < -0.39 is 5.97 Å². The van der Waals surface area contributed by atoms with E-state index in [-0.39, 0.29) is 11.2 Å². The van der Waals surface area contributed by atoms with E-state index in [9.17, 15) is 4.79 Å². The molecular formula is C9H12N2O2S2. The van der Waals surface area contributed by atoms with Gasteiger partial charge in [-0.25, -0.2) is 4.98 Å². The molecule has 1 heterocycles. The van der Waals surface area contributed by atoms with Crippen LogP contribution in [0.4, 0.5) is 0 Å². The number of thioether (sulfide) groups is 1. The van der Waals surface area contributed by atoms with Gasteiger partial charge in [0.15, 0.2) is 4.34 Å². The van der Waals surface area contributed by atoms with Crippen LogP contribution in [0.25, 0.3) is 0 Å². The minimum absolute atomic E-state index is 0.176. The summed E-state index contributed by atoms with van der Waals surface area (Å²) in [6.07, 6.45) is 2.78. The Morgan fingerprint density at radius 3 is 3.00 bits per heavy atom. The third-order valence-corrected chi connectivity index (χ3v) is 4.81. The quantitative estimate of drug-likeness (QED) is 0.883. The zero-order chi connectivity index (χ0) is 10.8. The van der Waals surface area contributed by atoms with Gasteiger partial charge < -0.3 is 5.11 Å². The Labute approximate surface area is 96.3 Å². The van der Waals surface area contributed by atoms with Gasteiger partial charge in [0, 0.05) is 5.25 Å². The summed E-state index contributed by atoms with van der Waals surface area (Å²) in [5.41, 5.74) is 0. The van der Waals surface area contributed by atoms with Crippen molar-refractivity contribution < 1.29 is 9.90 Å². The van der Waals surface area contributed by atoms with Gasteiger partial charge in [-0.05, 0) is 31.3 Å². The Hall–Kier alpha value is -0.620. The highest BCUT2D eigenvalue weighted by Gasteiger charge is 2.34. The average Bonchev–Trinajstić information content (AvgIpc) is 2.75. The Bertz CT molecular complexity index is 367. The first-order valence-corrected chi connectivity index (χ1v) is 6.52. The summed E-state index contributed by atoms with van der Waals surface area (Å²) in [5.74, 6) is -0.113. The molecule has 2 atom stereocenters. The molecule has 2 unspecified atom stereocenters. The van der Waals surface area contributed by atoms with Crippen molar-refractivity contribution in [1.29, 1.82) is 0 Å².